The lowest BCUT2D eigenvalue weighted by Crippen LogP contribution is -2.43. The summed E-state index contributed by atoms with van der Waals surface area (Å²) in [5.41, 5.74) is 11.1. The smallest absolute Gasteiger partial charge is 0.230 e. The van der Waals surface area contributed by atoms with Crippen molar-refractivity contribution in [3.05, 3.63) is 102 Å². The molecule has 4 nitrogen and oxygen atoms in total. The number of hydrogen-bond acceptors (Lipinski definition) is 4. The summed E-state index contributed by atoms with van der Waals surface area (Å²) in [7, 11) is 0. The fraction of sp³-hybridized carbons (Fsp3) is 0.636. The maximum absolute atomic E-state index is 11.0. The first-order valence-corrected chi connectivity index (χ1v) is 17.2. The van der Waals surface area contributed by atoms with Crippen LogP contribution in [0.3, 0.4) is 0 Å². The lowest BCUT2D eigenvalue weighted by Gasteiger charge is -2.30. The molecule has 272 valence electrons. The van der Waals surface area contributed by atoms with E-state index >= 15 is 0 Å². The third-order valence-corrected chi connectivity index (χ3v) is 9.45. The summed E-state index contributed by atoms with van der Waals surface area (Å²) in [4.78, 5) is 21.8. The van der Waals surface area contributed by atoms with Crippen molar-refractivity contribution in [1.82, 2.24) is 0 Å². The van der Waals surface area contributed by atoms with Crippen LogP contribution in [0, 0.1) is 29.1 Å². The van der Waals surface area contributed by atoms with Crippen molar-refractivity contribution in [3.63, 3.8) is 0 Å². The Labute approximate surface area is 295 Å². The molecule has 2 unspecified atom stereocenters. The summed E-state index contributed by atoms with van der Waals surface area (Å²) >= 11 is 0. The maximum Gasteiger partial charge on any atom is 0.230 e. The van der Waals surface area contributed by atoms with Crippen molar-refractivity contribution in [2.45, 2.75) is 156 Å². The van der Waals surface area contributed by atoms with Crippen molar-refractivity contribution in [2.75, 3.05) is 6.61 Å². The van der Waals surface area contributed by atoms with Gasteiger partial charge in [-0.1, -0.05) is 134 Å². The Morgan fingerprint density at radius 1 is 0.625 bits per heavy atom. The Morgan fingerprint density at radius 2 is 1.10 bits per heavy atom. The second-order valence-corrected chi connectivity index (χ2v) is 17.8. The lowest BCUT2D eigenvalue weighted by molar-refractivity contribution is 0.175. The first-order chi connectivity index (χ1) is 21.0. The SMILES string of the molecule is C.C=C1CC(C)C(C(C)(C)C)=C1C.C=C1OC(C)C(C(C)(C)C)=C1C.C=C1OCCC(C(C)(C)C)=C1C.Cc1c(C(C)(C)C)c(=O)c1=O. The molecule has 1 aliphatic carbocycles. The molecule has 4 rings (SSSR count). The summed E-state index contributed by atoms with van der Waals surface area (Å²) < 4.78 is 10.9. The zero-order valence-corrected chi connectivity index (χ0v) is 33.5. The summed E-state index contributed by atoms with van der Waals surface area (Å²) in [6.45, 7) is 51.2. The van der Waals surface area contributed by atoms with Crippen molar-refractivity contribution in [2.24, 2.45) is 22.2 Å². The molecule has 0 amide bonds. The average molecular weight is 665 g/mol. The highest BCUT2D eigenvalue weighted by Gasteiger charge is 2.32. The molecule has 2 atom stereocenters. The molecule has 1 aromatic carbocycles. The number of ether oxygens (including phenoxy) is 2. The van der Waals surface area contributed by atoms with Gasteiger partial charge in [-0.15, -0.1) is 0 Å². The zero-order chi connectivity index (χ0) is 37.2. The normalized spacial score (nSPS) is 20.2. The van der Waals surface area contributed by atoms with E-state index in [9.17, 15) is 9.59 Å². The molecule has 3 aliphatic rings. The van der Waals surface area contributed by atoms with Gasteiger partial charge in [-0.05, 0) is 90.9 Å². The third kappa shape index (κ3) is 11.1. The van der Waals surface area contributed by atoms with Gasteiger partial charge in [0.2, 0.25) is 10.9 Å². The predicted octanol–water partition coefficient (Wildman–Crippen LogP) is 12.0. The molecule has 0 N–H and O–H groups in total. The third-order valence-electron chi connectivity index (χ3n) is 9.45. The van der Waals surface area contributed by atoms with E-state index in [1.165, 1.54) is 39.9 Å². The summed E-state index contributed by atoms with van der Waals surface area (Å²) in [5.74, 6) is 2.40. The number of allylic oxidation sites excluding steroid dienone is 5. The van der Waals surface area contributed by atoms with Crippen molar-refractivity contribution < 1.29 is 9.47 Å². The average Bonchev–Trinajstić information content (AvgIpc) is 3.30. The maximum atomic E-state index is 11.0. The van der Waals surface area contributed by atoms with Crippen LogP contribution in [0.4, 0.5) is 0 Å². The standard InChI is InChI=1S/C12H20.2C11H18O.C9H12O2.CH4/c1-8-7-9(2)11(10(8)3)12(4,5)6;1-8-9(2)12-7-6-10(8)11(3,4)5;1-7-8(2)12-9(3)10(7)11(4,5)6;1-5-6(9(2,3)4)8(11)7(5)10;/h9H,1,7H2,2-6H3;2,6-7H2,1,3-5H3;9H,2H2,1,3-6H3;1-4H3;1H4. The molecule has 4 heteroatoms. The summed E-state index contributed by atoms with van der Waals surface area (Å²) in [5, 5.41) is 0. The first-order valence-electron chi connectivity index (χ1n) is 17.2. The molecule has 2 heterocycles. The van der Waals surface area contributed by atoms with Gasteiger partial charge < -0.3 is 9.47 Å². The molecular formula is C44H72O4. The van der Waals surface area contributed by atoms with E-state index in [1.54, 1.807) is 12.5 Å². The second-order valence-electron chi connectivity index (χ2n) is 17.8. The van der Waals surface area contributed by atoms with Crippen molar-refractivity contribution >= 4 is 0 Å². The molecule has 0 bridgehead atoms. The summed E-state index contributed by atoms with van der Waals surface area (Å²) in [6, 6.07) is 0. The van der Waals surface area contributed by atoms with E-state index in [2.05, 4.69) is 117 Å². The molecule has 0 radical (unpaired) electrons. The van der Waals surface area contributed by atoms with Gasteiger partial charge in [0.15, 0.2) is 0 Å². The fourth-order valence-electron chi connectivity index (χ4n) is 7.56. The second kappa shape index (κ2) is 16.2. The Kier molecular flexibility index (Phi) is 15.2. The van der Waals surface area contributed by atoms with Gasteiger partial charge in [-0.2, -0.15) is 0 Å². The summed E-state index contributed by atoms with van der Waals surface area (Å²) in [6.07, 6.45) is 2.42. The Morgan fingerprint density at radius 3 is 1.33 bits per heavy atom. The number of rotatable bonds is 0. The molecule has 2 aliphatic heterocycles. The van der Waals surface area contributed by atoms with Crippen LogP contribution < -0.4 is 10.9 Å². The van der Waals surface area contributed by atoms with Crippen LogP contribution in [0.5, 0.6) is 0 Å². The Hall–Kier alpha value is -2.88. The molecule has 0 saturated carbocycles. The highest BCUT2D eigenvalue weighted by molar-refractivity contribution is 5.42. The van der Waals surface area contributed by atoms with Crippen LogP contribution >= 0.6 is 0 Å². The van der Waals surface area contributed by atoms with Gasteiger partial charge in [0.25, 0.3) is 0 Å². The molecule has 0 spiro atoms. The van der Waals surface area contributed by atoms with E-state index in [0.717, 1.165) is 24.5 Å². The van der Waals surface area contributed by atoms with Crippen LogP contribution in [-0.2, 0) is 14.9 Å². The Balaban J connectivity index is 0.000000610. The van der Waals surface area contributed by atoms with E-state index in [0.29, 0.717) is 22.5 Å². The monoisotopic (exact) mass is 665 g/mol. The Bertz CT molecular complexity index is 1460. The molecule has 1 aromatic rings. The van der Waals surface area contributed by atoms with E-state index in [4.69, 9.17) is 9.47 Å². The van der Waals surface area contributed by atoms with Crippen molar-refractivity contribution in [3.8, 4) is 0 Å². The molecule has 0 aromatic heterocycles. The minimum atomic E-state index is -0.310. The largest absolute Gasteiger partial charge is 0.494 e. The minimum absolute atomic E-state index is 0. The minimum Gasteiger partial charge on any atom is -0.494 e. The quantitative estimate of drug-likeness (QED) is 0.259. The predicted molar refractivity (Wildman–Crippen MR) is 210 cm³/mol. The number of hydrogen-bond donors (Lipinski definition) is 0. The van der Waals surface area contributed by atoms with Gasteiger partial charge in [-0.25, -0.2) is 0 Å². The van der Waals surface area contributed by atoms with Crippen LogP contribution in [0.2, 0.25) is 0 Å². The topological polar surface area (TPSA) is 52.6 Å². The molecule has 48 heavy (non-hydrogen) atoms. The van der Waals surface area contributed by atoms with E-state index < -0.39 is 0 Å². The van der Waals surface area contributed by atoms with Gasteiger partial charge in [0, 0.05) is 17.5 Å². The highest BCUT2D eigenvalue weighted by atomic mass is 16.5. The van der Waals surface area contributed by atoms with E-state index in [-0.39, 0.29) is 40.6 Å². The van der Waals surface area contributed by atoms with Crippen LogP contribution in [0.15, 0.2) is 79.9 Å². The van der Waals surface area contributed by atoms with Gasteiger partial charge >= 0.3 is 0 Å². The van der Waals surface area contributed by atoms with Crippen LogP contribution in [0.25, 0.3) is 0 Å². The van der Waals surface area contributed by atoms with Crippen molar-refractivity contribution in [1.29, 1.82) is 0 Å². The van der Waals surface area contributed by atoms with Crippen LogP contribution in [0.1, 0.15) is 149 Å². The van der Waals surface area contributed by atoms with Gasteiger partial charge in [0.1, 0.15) is 17.6 Å². The zero-order valence-electron chi connectivity index (χ0n) is 33.5. The first kappa shape index (κ1) is 45.1. The van der Waals surface area contributed by atoms with Crippen LogP contribution in [-0.4, -0.2) is 12.7 Å². The molecule has 0 saturated heterocycles. The molecule has 0 fully saturated rings. The molecular weight excluding hydrogens is 592 g/mol. The van der Waals surface area contributed by atoms with Gasteiger partial charge in [-0.3, -0.25) is 9.59 Å². The lowest BCUT2D eigenvalue weighted by atomic mass is 9.80. The van der Waals surface area contributed by atoms with E-state index in [1.807, 2.05) is 20.8 Å². The fourth-order valence-corrected chi connectivity index (χ4v) is 7.56. The highest BCUT2D eigenvalue weighted by Crippen LogP contribution is 2.44. The van der Waals surface area contributed by atoms with Gasteiger partial charge in [0.05, 0.1) is 6.61 Å².